The van der Waals surface area contributed by atoms with Gasteiger partial charge in [0.15, 0.2) is 0 Å². The molecule has 1 rings (SSSR count). The van der Waals surface area contributed by atoms with E-state index < -0.39 is 0 Å². The van der Waals surface area contributed by atoms with Crippen molar-refractivity contribution in [3.8, 4) is 0 Å². The summed E-state index contributed by atoms with van der Waals surface area (Å²) >= 11 is 6.05. The van der Waals surface area contributed by atoms with Crippen molar-refractivity contribution in [1.82, 2.24) is 0 Å². The van der Waals surface area contributed by atoms with Crippen molar-refractivity contribution < 1.29 is 0 Å². The molecule has 0 radical (unpaired) electrons. The van der Waals surface area contributed by atoms with Crippen molar-refractivity contribution in [2.45, 2.75) is 33.7 Å². The highest BCUT2D eigenvalue weighted by molar-refractivity contribution is 6.33. The molecule has 90 valence electrons. The number of nitrogens with two attached hydrogens (primary N) is 1. The minimum atomic E-state index is 0.420. The molecule has 0 saturated carbocycles. The first-order valence-corrected chi connectivity index (χ1v) is 6.12. The minimum absolute atomic E-state index is 0.420. The average molecular weight is 241 g/mol. The standard InChI is InChI=1S/C13H21ClN2/c1-9(2)8-16(10(3)4)12-7-5-6-11(14)13(12)15/h5-7,9-10H,8,15H2,1-4H3. The van der Waals surface area contributed by atoms with Gasteiger partial charge in [-0.15, -0.1) is 0 Å². The highest BCUT2D eigenvalue weighted by atomic mass is 35.5. The summed E-state index contributed by atoms with van der Waals surface area (Å²) in [6, 6.07) is 6.23. The maximum atomic E-state index is 6.05. The van der Waals surface area contributed by atoms with Crippen LogP contribution in [0.2, 0.25) is 5.02 Å². The van der Waals surface area contributed by atoms with E-state index in [1.165, 1.54) is 0 Å². The quantitative estimate of drug-likeness (QED) is 0.812. The molecule has 0 aliphatic heterocycles. The molecule has 0 amide bonds. The predicted octanol–water partition coefficient (Wildman–Crippen LogP) is 3.79. The number of benzene rings is 1. The van der Waals surface area contributed by atoms with Gasteiger partial charge in [-0.1, -0.05) is 31.5 Å². The fourth-order valence-electron chi connectivity index (χ4n) is 1.76. The van der Waals surface area contributed by atoms with Crippen molar-refractivity contribution in [1.29, 1.82) is 0 Å². The number of rotatable bonds is 4. The Morgan fingerprint density at radius 3 is 2.38 bits per heavy atom. The van der Waals surface area contributed by atoms with Crippen LogP contribution in [0.15, 0.2) is 18.2 Å². The van der Waals surface area contributed by atoms with Crippen LogP contribution in [0.4, 0.5) is 11.4 Å². The number of para-hydroxylation sites is 1. The molecule has 0 bridgehead atoms. The predicted molar refractivity (Wildman–Crippen MR) is 73.2 cm³/mol. The molecule has 0 atom stereocenters. The van der Waals surface area contributed by atoms with E-state index in [0.717, 1.165) is 12.2 Å². The molecule has 0 aromatic heterocycles. The molecular formula is C13H21ClN2. The topological polar surface area (TPSA) is 29.3 Å². The first-order valence-electron chi connectivity index (χ1n) is 5.74. The number of halogens is 1. The van der Waals surface area contributed by atoms with E-state index in [1.54, 1.807) is 0 Å². The molecule has 0 heterocycles. The Bertz CT molecular complexity index is 348. The molecule has 16 heavy (non-hydrogen) atoms. The van der Waals surface area contributed by atoms with Gasteiger partial charge in [0, 0.05) is 12.6 Å². The maximum absolute atomic E-state index is 6.05. The van der Waals surface area contributed by atoms with Crippen LogP contribution >= 0.6 is 11.6 Å². The second-order valence-electron chi connectivity index (χ2n) is 4.81. The summed E-state index contributed by atoms with van der Waals surface area (Å²) in [5.41, 5.74) is 7.74. The number of anilines is 2. The summed E-state index contributed by atoms with van der Waals surface area (Å²) < 4.78 is 0. The van der Waals surface area contributed by atoms with Crippen molar-refractivity contribution in [3.05, 3.63) is 23.2 Å². The lowest BCUT2D eigenvalue weighted by Gasteiger charge is -2.32. The normalized spacial score (nSPS) is 11.2. The molecule has 2 N–H and O–H groups in total. The van der Waals surface area contributed by atoms with E-state index in [9.17, 15) is 0 Å². The highest BCUT2D eigenvalue weighted by Gasteiger charge is 2.15. The van der Waals surface area contributed by atoms with Gasteiger partial charge in [-0.2, -0.15) is 0 Å². The number of hydrogen-bond donors (Lipinski definition) is 1. The molecule has 2 nitrogen and oxygen atoms in total. The second-order valence-corrected chi connectivity index (χ2v) is 5.22. The smallest absolute Gasteiger partial charge is 0.0741 e. The lowest BCUT2D eigenvalue weighted by molar-refractivity contribution is 0.571. The Hall–Kier alpha value is -0.890. The van der Waals surface area contributed by atoms with Gasteiger partial charge < -0.3 is 10.6 Å². The lowest BCUT2D eigenvalue weighted by Crippen LogP contribution is -2.34. The highest BCUT2D eigenvalue weighted by Crippen LogP contribution is 2.31. The van der Waals surface area contributed by atoms with Gasteiger partial charge in [0.1, 0.15) is 0 Å². The summed E-state index contributed by atoms with van der Waals surface area (Å²) in [6.07, 6.45) is 0. The molecule has 0 spiro atoms. The summed E-state index contributed by atoms with van der Waals surface area (Å²) in [5, 5.41) is 0.631. The van der Waals surface area contributed by atoms with E-state index in [4.69, 9.17) is 17.3 Å². The number of nitrogen functional groups attached to an aromatic ring is 1. The SMILES string of the molecule is CC(C)CN(c1cccc(Cl)c1N)C(C)C. The van der Waals surface area contributed by atoms with Crippen LogP contribution in [0.1, 0.15) is 27.7 Å². The van der Waals surface area contributed by atoms with Crippen molar-refractivity contribution in [3.63, 3.8) is 0 Å². The minimum Gasteiger partial charge on any atom is -0.396 e. The van der Waals surface area contributed by atoms with Crippen LogP contribution < -0.4 is 10.6 Å². The van der Waals surface area contributed by atoms with Crippen molar-refractivity contribution in [2.75, 3.05) is 17.2 Å². The van der Waals surface area contributed by atoms with Crippen molar-refractivity contribution >= 4 is 23.0 Å². The second kappa shape index (κ2) is 5.44. The molecule has 1 aromatic rings. The summed E-state index contributed by atoms with van der Waals surface area (Å²) in [5.74, 6) is 0.598. The third kappa shape index (κ3) is 3.05. The van der Waals surface area contributed by atoms with Crippen LogP contribution in [0.5, 0.6) is 0 Å². The van der Waals surface area contributed by atoms with E-state index in [-0.39, 0.29) is 0 Å². The first-order chi connectivity index (χ1) is 7.43. The van der Waals surface area contributed by atoms with E-state index >= 15 is 0 Å². The van der Waals surface area contributed by atoms with Gasteiger partial charge in [0.05, 0.1) is 16.4 Å². The molecule has 3 heteroatoms. The summed E-state index contributed by atoms with van der Waals surface area (Å²) in [4.78, 5) is 2.30. The van der Waals surface area contributed by atoms with E-state index in [1.807, 2.05) is 18.2 Å². The zero-order chi connectivity index (χ0) is 12.3. The molecule has 0 unspecified atom stereocenters. The molecule has 1 aromatic carbocycles. The largest absolute Gasteiger partial charge is 0.396 e. The third-order valence-corrected chi connectivity index (χ3v) is 2.85. The fraction of sp³-hybridized carbons (Fsp3) is 0.538. The van der Waals surface area contributed by atoms with Crippen LogP contribution in [-0.4, -0.2) is 12.6 Å². The molecule has 0 fully saturated rings. The number of nitrogens with zero attached hydrogens (tertiary/aromatic N) is 1. The Morgan fingerprint density at radius 2 is 1.88 bits per heavy atom. The summed E-state index contributed by atoms with van der Waals surface area (Å²) in [6.45, 7) is 9.74. The van der Waals surface area contributed by atoms with Crippen LogP contribution in [0, 0.1) is 5.92 Å². The zero-order valence-corrected chi connectivity index (χ0v) is 11.3. The van der Waals surface area contributed by atoms with Crippen molar-refractivity contribution in [2.24, 2.45) is 5.92 Å². The molecule has 0 saturated heterocycles. The Morgan fingerprint density at radius 1 is 1.25 bits per heavy atom. The van der Waals surface area contributed by atoms with Gasteiger partial charge >= 0.3 is 0 Å². The van der Waals surface area contributed by atoms with Gasteiger partial charge in [-0.3, -0.25) is 0 Å². The Labute approximate surface area is 103 Å². The van der Waals surface area contributed by atoms with Crippen LogP contribution in [0.25, 0.3) is 0 Å². The zero-order valence-electron chi connectivity index (χ0n) is 10.5. The lowest BCUT2D eigenvalue weighted by atomic mass is 10.1. The van der Waals surface area contributed by atoms with E-state index in [2.05, 4.69) is 32.6 Å². The third-order valence-electron chi connectivity index (χ3n) is 2.52. The monoisotopic (exact) mass is 240 g/mol. The van der Waals surface area contributed by atoms with Gasteiger partial charge in [0.2, 0.25) is 0 Å². The fourth-order valence-corrected chi connectivity index (χ4v) is 1.93. The molecular weight excluding hydrogens is 220 g/mol. The molecule has 0 aliphatic carbocycles. The Balaban J connectivity index is 3.06. The average Bonchev–Trinajstić information content (AvgIpc) is 2.18. The van der Waals surface area contributed by atoms with Gasteiger partial charge in [0.25, 0.3) is 0 Å². The Kier molecular flexibility index (Phi) is 4.48. The maximum Gasteiger partial charge on any atom is 0.0741 e. The molecule has 0 aliphatic rings. The van der Waals surface area contributed by atoms with Crippen LogP contribution in [0.3, 0.4) is 0 Å². The van der Waals surface area contributed by atoms with Crippen LogP contribution in [-0.2, 0) is 0 Å². The van der Waals surface area contributed by atoms with Gasteiger partial charge in [-0.25, -0.2) is 0 Å². The van der Waals surface area contributed by atoms with E-state index in [0.29, 0.717) is 22.7 Å². The summed E-state index contributed by atoms with van der Waals surface area (Å²) in [7, 11) is 0. The first kappa shape index (κ1) is 13.2. The van der Waals surface area contributed by atoms with Gasteiger partial charge in [-0.05, 0) is 31.9 Å². The number of hydrogen-bond acceptors (Lipinski definition) is 2.